The minimum atomic E-state index is -0.630. The van der Waals surface area contributed by atoms with Gasteiger partial charge in [-0.25, -0.2) is 0 Å². The van der Waals surface area contributed by atoms with Gasteiger partial charge in [0.15, 0.2) is 0 Å². The zero-order chi connectivity index (χ0) is 23.5. The molecule has 0 saturated carbocycles. The molecule has 0 bridgehead atoms. The molecule has 10 nitrogen and oxygen atoms in total. The third-order valence-corrected chi connectivity index (χ3v) is 8.05. The van der Waals surface area contributed by atoms with Gasteiger partial charge < -0.3 is 41.7 Å². The monoisotopic (exact) mass is 502 g/mol. The van der Waals surface area contributed by atoms with Gasteiger partial charge in [-0.3, -0.25) is 9.59 Å². The van der Waals surface area contributed by atoms with E-state index in [0.717, 1.165) is 0 Å². The van der Waals surface area contributed by atoms with Gasteiger partial charge in [0.25, 0.3) is 0 Å². The van der Waals surface area contributed by atoms with Crippen LogP contribution >= 0.6 is 31.4 Å². The van der Waals surface area contributed by atoms with E-state index >= 15 is 0 Å². The van der Waals surface area contributed by atoms with E-state index in [9.17, 15) is 19.8 Å². The summed E-state index contributed by atoms with van der Waals surface area (Å²) in [5.41, 5.74) is 0. The fourth-order valence-electron chi connectivity index (χ4n) is 2.13. The molecule has 2 amide bonds. The summed E-state index contributed by atoms with van der Waals surface area (Å²) in [5.74, 6) is 0.535. The highest BCUT2D eigenvalue weighted by Gasteiger charge is 2.20. The Labute approximate surface area is 196 Å². The Morgan fingerprint density at radius 2 is 1.16 bits per heavy atom. The van der Waals surface area contributed by atoms with Crippen molar-refractivity contribution in [1.29, 1.82) is 0 Å². The largest absolute Gasteiger partial charge is 0.396 e. The van der Waals surface area contributed by atoms with Crippen molar-refractivity contribution in [3.05, 3.63) is 0 Å². The molecule has 13 heteroatoms. The van der Waals surface area contributed by atoms with E-state index in [0.29, 0.717) is 37.4 Å². The van der Waals surface area contributed by atoms with Crippen LogP contribution in [0.2, 0.25) is 0 Å². The van der Waals surface area contributed by atoms with Crippen LogP contribution in [-0.4, -0.2) is 107 Å². The third kappa shape index (κ3) is 17.9. The second-order valence-electron chi connectivity index (χ2n) is 6.99. The Morgan fingerprint density at radius 1 is 0.774 bits per heavy atom. The predicted molar refractivity (Wildman–Crippen MR) is 129 cm³/mol. The number of hydrogen-bond acceptors (Lipinski definition) is 11. The Kier molecular flexibility index (Phi) is 20.2. The maximum atomic E-state index is 12.3. The van der Waals surface area contributed by atoms with E-state index in [2.05, 4.69) is 21.3 Å². The quantitative estimate of drug-likeness (QED) is 0.0737. The molecule has 0 spiro atoms. The van der Waals surface area contributed by atoms with Crippen LogP contribution in [0.5, 0.6) is 0 Å². The maximum Gasteiger partial charge on any atom is 0.238 e. The number of aliphatic hydroxyl groups excluding tert-OH is 4. The van der Waals surface area contributed by atoms with Crippen LogP contribution < -0.4 is 21.3 Å². The summed E-state index contributed by atoms with van der Waals surface area (Å²) in [6.07, 6.45) is -0.185. The molecular weight excluding hydrogens is 464 g/mol. The number of hydrogen-bond donors (Lipinski definition) is 8. The Bertz CT molecular complexity index is 438. The fraction of sp³-hybridized carbons (Fsp3) is 0.889. The molecule has 0 fully saturated rings. The molecule has 4 atom stereocenters. The van der Waals surface area contributed by atoms with E-state index < -0.39 is 24.3 Å². The van der Waals surface area contributed by atoms with Crippen molar-refractivity contribution in [3.63, 3.8) is 0 Å². The fourth-order valence-corrected chi connectivity index (χ4v) is 6.09. The van der Waals surface area contributed by atoms with Gasteiger partial charge >= 0.3 is 0 Å². The van der Waals surface area contributed by atoms with Crippen LogP contribution in [0.1, 0.15) is 26.7 Å². The average Bonchev–Trinajstić information content (AvgIpc) is 2.73. The topological polar surface area (TPSA) is 163 Å². The lowest BCUT2D eigenvalue weighted by atomic mass is 10.3. The lowest BCUT2D eigenvalue weighted by molar-refractivity contribution is -0.123. The molecule has 184 valence electrons. The number of rotatable bonds is 20. The highest BCUT2D eigenvalue weighted by Crippen LogP contribution is 2.35. The SMILES string of the molecule is C[C@H](O)CNC(=O)[C@H](CSSSC[C@H](NCCCO)C(=O)NC[C@H](C)O)NCCCO. The van der Waals surface area contributed by atoms with Gasteiger partial charge in [0.1, 0.15) is 0 Å². The van der Waals surface area contributed by atoms with Crippen molar-refractivity contribution in [3.8, 4) is 0 Å². The minimum absolute atomic E-state index is 0.0363. The average molecular weight is 503 g/mol. The molecule has 0 radical (unpaired) electrons. The van der Waals surface area contributed by atoms with E-state index in [4.69, 9.17) is 10.2 Å². The molecular formula is C18H38N4O6S3. The number of amides is 2. The predicted octanol–water partition coefficient (Wildman–Crippen LogP) is -1.31. The van der Waals surface area contributed by atoms with Crippen LogP contribution in [0.3, 0.4) is 0 Å². The summed E-state index contributed by atoms with van der Waals surface area (Å²) >= 11 is 0. The third-order valence-electron chi connectivity index (χ3n) is 3.79. The minimum Gasteiger partial charge on any atom is -0.396 e. The van der Waals surface area contributed by atoms with Crippen LogP contribution in [0.4, 0.5) is 0 Å². The molecule has 0 aliphatic carbocycles. The first-order valence-electron chi connectivity index (χ1n) is 10.3. The summed E-state index contributed by atoms with van der Waals surface area (Å²) in [7, 11) is 4.42. The first-order chi connectivity index (χ1) is 14.8. The molecule has 0 heterocycles. The van der Waals surface area contributed by atoms with Gasteiger partial charge in [-0.1, -0.05) is 21.6 Å². The van der Waals surface area contributed by atoms with Gasteiger partial charge in [-0.2, -0.15) is 0 Å². The number of nitrogens with one attached hydrogen (secondary N) is 4. The molecule has 0 unspecified atom stereocenters. The highest BCUT2D eigenvalue weighted by molar-refractivity contribution is 9.09. The van der Waals surface area contributed by atoms with Crippen LogP contribution in [0.15, 0.2) is 0 Å². The van der Waals surface area contributed by atoms with Gasteiger partial charge in [0.2, 0.25) is 11.8 Å². The molecule has 0 rings (SSSR count). The van der Waals surface area contributed by atoms with Crippen LogP contribution in [0.25, 0.3) is 0 Å². The Hall–Kier alpha value is -0.250. The molecule has 8 N–H and O–H groups in total. The number of carbonyl (C=O) groups excluding carboxylic acids is 2. The second kappa shape index (κ2) is 20.4. The summed E-state index contributed by atoms with van der Waals surface area (Å²) < 4.78 is 0. The molecule has 0 aliphatic rings. The van der Waals surface area contributed by atoms with Gasteiger partial charge in [0, 0.05) is 37.8 Å². The first kappa shape index (κ1) is 30.8. The summed E-state index contributed by atoms with van der Waals surface area (Å²) in [5, 5.41) is 48.1. The molecule has 0 saturated heterocycles. The summed E-state index contributed by atoms with van der Waals surface area (Å²) in [4.78, 5) is 24.6. The van der Waals surface area contributed by atoms with E-state index in [-0.39, 0.29) is 38.1 Å². The number of aliphatic hydroxyl groups is 4. The second-order valence-corrected chi connectivity index (χ2v) is 11.3. The van der Waals surface area contributed by atoms with Gasteiger partial charge in [-0.05, 0) is 49.6 Å². The van der Waals surface area contributed by atoms with Gasteiger partial charge in [-0.15, -0.1) is 0 Å². The highest BCUT2D eigenvalue weighted by atomic mass is 33.5. The van der Waals surface area contributed by atoms with Gasteiger partial charge in [0.05, 0.1) is 24.3 Å². The Balaban J connectivity index is 4.45. The molecule has 0 aromatic rings. The van der Waals surface area contributed by atoms with Crippen molar-refractivity contribution in [2.45, 2.75) is 51.0 Å². The normalized spacial score (nSPS) is 15.2. The van der Waals surface area contributed by atoms with Crippen LogP contribution in [0, 0.1) is 0 Å². The zero-order valence-corrected chi connectivity index (χ0v) is 20.7. The van der Waals surface area contributed by atoms with E-state index in [1.165, 1.54) is 31.4 Å². The standard InChI is InChI=1S/C18H38N4O6S3/c1-13(25)9-21-17(27)15(19-5-3-7-23)11-29-31-30-12-16(20-6-4-8-24)18(28)22-10-14(2)26/h13-16,19-20,23-26H,3-12H2,1-2H3,(H,21,27)(H,22,28)/t13-,14-,15-,16-/m0/s1. The zero-order valence-electron chi connectivity index (χ0n) is 18.2. The van der Waals surface area contributed by atoms with Crippen molar-refractivity contribution in [2.75, 3.05) is 50.9 Å². The molecule has 0 aromatic carbocycles. The van der Waals surface area contributed by atoms with E-state index in [1.54, 1.807) is 13.8 Å². The first-order valence-corrected chi connectivity index (χ1v) is 14.1. The summed E-state index contributed by atoms with van der Waals surface area (Å²) in [6.45, 7) is 4.61. The van der Waals surface area contributed by atoms with Crippen molar-refractivity contribution in [1.82, 2.24) is 21.3 Å². The summed E-state index contributed by atoms with van der Waals surface area (Å²) in [6, 6.07) is -0.924. The smallest absolute Gasteiger partial charge is 0.238 e. The lowest BCUT2D eigenvalue weighted by Gasteiger charge is -2.19. The number of carbonyl (C=O) groups is 2. The molecule has 0 aliphatic heterocycles. The van der Waals surface area contributed by atoms with Crippen molar-refractivity contribution in [2.24, 2.45) is 0 Å². The van der Waals surface area contributed by atoms with E-state index in [1.807, 2.05) is 0 Å². The maximum absolute atomic E-state index is 12.3. The Morgan fingerprint density at radius 3 is 1.48 bits per heavy atom. The molecule has 31 heavy (non-hydrogen) atoms. The van der Waals surface area contributed by atoms with Crippen molar-refractivity contribution >= 4 is 43.2 Å². The van der Waals surface area contributed by atoms with Crippen LogP contribution in [-0.2, 0) is 9.59 Å². The molecule has 0 aromatic heterocycles. The lowest BCUT2D eigenvalue weighted by Crippen LogP contribution is -2.48. The van der Waals surface area contributed by atoms with Crippen molar-refractivity contribution < 1.29 is 30.0 Å².